The highest BCUT2D eigenvalue weighted by Gasteiger charge is 2.07. The van der Waals surface area contributed by atoms with Crippen molar-refractivity contribution < 1.29 is 14.3 Å². The summed E-state index contributed by atoms with van der Waals surface area (Å²) in [4.78, 5) is 10.8. The maximum absolute atomic E-state index is 10.8. The summed E-state index contributed by atoms with van der Waals surface area (Å²) in [6.45, 7) is 3.64. The zero-order valence-corrected chi connectivity index (χ0v) is 7.16. The van der Waals surface area contributed by atoms with Crippen LogP contribution < -0.4 is 0 Å². The van der Waals surface area contributed by atoms with Crippen LogP contribution in [0, 0.1) is 0 Å². The highest BCUT2D eigenvalue weighted by Crippen LogP contribution is 1.98. The van der Waals surface area contributed by atoms with Crippen LogP contribution in [0.5, 0.6) is 0 Å². The molecule has 0 saturated carbocycles. The van der Waals surface area contributed by atoms with Gasteiger partial charge in [0.25, 0.3) is 0 Å². The molecule has 3 heteroatoms. The van der Waals surface area contributed by atoms with E-state index in [0.29, 0.717) is 6.42 Å². The van der Waals surface area contributed by atoms with Gasteiger partial charge in [-0.3, -0.25) is 0 Å². The predicted molar refractivity (Wildman–Crippen MR) is 42.0 cm³/mol. The van der Waals surface area contributed by atoms with Gasteiger partial charge in [-0.15, -0.1) is 0 Å². The molecule has 0 aromatic heterocycles. The second-order valence-electron chi connectivity index (χ2n) is 2.01. The van der Waals surface area contributed by atoms with Gasteiger partial charge in [0.1, 0.15) is 0 Å². The molecule has 0 rings (SSSR count). The van der Waals surface area contributed by atoms with Crippen molar-refractivity contribution in [2.45, 2.75) is 26.6 Å². The maximum Gasteiger partial charge on any atom is 0.332 e. The molecule has 0 spiro atoms. The van der Waals surface area contributed by atoms with Gasteiger partial charge in [-0.2, -0.15) is 0 Å². The summed E-state index contributed by atoms with van der Waals surface area (Å²) in [5.41, 5.74) is 0. The first kappa shape index (κ1) is 10.2. The van der Waals surface area contributed by atoms with Gasteiger partial charge in [-0.1, -0.05) is 13.0 Å². The molecule has 11 heavy (non-hydrogen) atoms. The van der Waals surface area contributed by atoms with Gasteiger partial charge in [-0.05, 0) is 6.92 Å². The van der Waals surface area contributed by atoms with Crippen molar-refractivity contribution in [1.29, 1.82) is 0 Å². The molecule has 0 aromatic rings. The van der Waals surface area contributed by atoms with Crippen molar-refractivity contribution in [1.82, 2.24) is 0 Å². The Hall–Kier alpha value is -0.830. The van der Waals surface area contributed by atoms with E-state index in [4.69, 9.17) is 9.47 Å². The second-order valence-corrected chi connectivity index (χ2v) is 2.01. The Morgan fingerprint density at radius 2 is 2.27 bits per heavy atom. The van der Waals surface area contributed by atoms with Crippen molar-refractivity contribution in [2.24, 2.45) is 0 Å². The fraction of sp³-hybridized carbons (Fsp3) is 0.625. The summed E-state index contributed by atoms with van der Waals surface area (Å²) in [6.07, 6.45) is 3.24. The molecule has 0 N–H and O–H groups in total. The third-order valence-electron chi connectivity index (χ3n) is 1.15. The normalized spacial score (nSPS) is 13.4. The van der Waals surface area contributed by atoms with Crippen LogP contribution in [0.2, 0.25) is 0 Å². The molecule has 0 aliphatic rings. The van der Waals surface area contributed by atoms with Gasteiger partial charge >= 0.3 is 5.97 Å². The number of esters is 1. The van der Waals surface area contributed by atoms with Crippen LogP contribution in [0.3, 0.4) is 0 Å². The van der Waals surface area contributed by atoms with E-state index < -0.39 is 6.29 Å². The van der Waals surface area contributed by atoms with Gasteiger partial charge in [0, 0.05) is 19.6 Å². The number of methoxy groups -OCH3 is 1. The lowest BCUT2D eigenvalue weighted by molar-refractivity contribution is -0.167. The van der Waals surface area contributed by atoms with Crippen molar-refractivity contribution in [3.8, 4) is 0 Å². The summed E-state index contributed by atoms with van der Waals surface area (Å²) in [6, 6.07) is 0. The zero-order valence-electron chi connectivity index (χ0n) is 7.16. The topological polar surface area (TPSA) is 35.5 Å². The minimum absolute atomic E-state index is 0.360. The summed E-state index contributed by atoms with van der Waals surface area (Å²) < 4.78 is 9.68. The quantitative estimate of drug-likeness (QED) is 0.353. The minimum atomic E-state index is -0.418. The average molecular weight is 158 g/mol. The lowest BCUT2D eigenvalue weighted by Crippen LogP contribution is -2.17. The van der Waals surface area contributed by atoms with Crippen LogP contribution in [0.1, 0.15) is 20.3 Å². The Morgan fingerprint density at radius 3 is 2.64 bits per heavy atom. The molecule has 0 heterocycles. The molecule has 64 valence electrons. The Bertz CT molecular complexity index is 136. The number of hydrogen-bond acceptors (Lipinski definition) is 3. The SMILES string of the molecule is CC=CC(=O)OC(CC)OC. The summed E-state index contributed by atoms with van der Waals surface area (Å²) in [7, 11) is 1.51. The molecular formula is C8H14O3. The molecule has 0 aromatic carbocycles. The van der Waals surface area contributed by atoms with Crippen LogP contribution >= 0.6 is 0 Å². The van der Waals surface area contributed by atoms with Gasteiger partial charge in [-0.25, -0.2) is 4.79 Å². The van der Waals surface area contributed by atoms with Crippen molar-refractivity contribution in [3.05, 3.63) is 12.2 Å². The largest absolute Gasteiger partial charge is 0.433 e. The summed E-state index contributed by atoms with van der Waals surface area (Å²) in [5, 5.41) is 0. The first-order valence-corrected chi connectivity index (χ1v) is 3.60. The van der Waals surface area contributed by atoms with E-state index in [2.05, 4.69) is 0 Å². The number of hydrogen-bond donors (Lipinski definition) is 0. The van der Waals surface area contributed by atoms with E-state index in [1.165, 1.54) is 13.2 Å². The number of ether oxygens (including phenoxy) is 2. The predicted octanol–water partition coefficient (Wildman–Crippen LogP) is 1.49. The number of allylic oxidation sites excluding steroid dienone is 1. The number of carbonyl (C=O) groups is 1. The Kier molecular flexibility index (Phi) is 5.47. The average Bonchev–Trinajstić information content (AvgIpc) is 2.01. The molecular weight excluding hydrogens is 144 g/mol. The van der Waals surface area contributed by atoms with Crippen molar-refractivity contribution in [2.75, 3.05) is 7.11 Å². The number of carbonyl (C=O) groups excluding carboxylic acids is 1. The second kappa shape index (κ2) is 5.92. The van der Waals surface area contributed by atoms with Gasteiger partial charge in [0.2, 0.25) is 6.29 Å². The molecule has 0 radical (unpaired) electrons. The first-order valence-electron chi connectivity index (χ1n) is 3.60. The molecule has 0 bridgehead atoms. The van der Waals surface area contributed by atoms with Crippen LogP contribution in [0.15, 0.2) is 12.2 Å². The minimum Gasteiger partial charge on any atom is -0.433 e. The molecule has 0 aliphatic heterocycles. The first-order chi connectivity index (χ1) is 5.24. The third kappa shape index (κ3) is 4.56. The Labute approximate surface area is 67.0 Å². The molecule has 0 aliphatic carbocycles. The summed E-state index contributed by atoms with van der Waals surface area (Å²) in [5.74, 6) is -0.360. The van der Waals surface area contributed by atoms with Crippen LogP contribution in [-0.2, 0) is 14.3 Å². The lowest BCUT2D eigenvalue weighted by atomic mass is 10.4. The summed E-state index contributed by atoms with van der Waals surface area (Å²) >= 11 is 0. The van der Waals surface area contributed by atoms with E-state index in [0.717, 1.165) is 0 Å². The van der Waals surface area contributed by atoms with E-state index in [1.807, 2.05) is 6.92 Å². The van der Waals surface area contributed by atoms with E-state index in [-0.39, 0.29) is 5.97 Å². The van der Waals surface area contributed by atoms with Crippen LogP contribution in [0.25, 0.3) is 0 Å². The van der Waals surface area contributed by atoms with Crippen LogP contribution in [0.4, 0.5) is 0 Å². The Balaban J connectivity index is 3.71. The smallest absolute Gasteiger partial charge is 0.332 e. The molecule has 0 saturated heterocycles. The standard InChI is InChI=1S/C8H14O3/c1-4-6-7(9)11-8(5-2)10-3/h4,6,8H,5H2,1-3H3. The van der Waals surface area contributed by atoms with E-state index in [9.17, 15) is 4.79 Å². The number of rotatable bonds is 4. The lowest BCUT2D eigenvalue weighted by Gasteiger charge is -2.11. The molecule has 3 nitrogen and oxygen atoms in total. The molecule has 0 fully saturated rings. The van der Waals surface area contributed by atoms with Crippen molar-refractivity contribution >= 4 is 5.97 Å². The Morgan fingerprint density at radius 1 is 1.64 bits per heavy atom. The fourth-order valence-corrected chi connectivity index (χ4v) is 0.603. The fourth-order valence-electron chi connectivity index (χ4n) is 0.603. The third-order valence-corrected chi connectivity index (χ3v) is 1.15. The molecule has 1 atom stereocenters. The molecule has 0 amide bonds. The maximum atomic E-state index is 10.8. The van der Waals surface area contributed by atoms with E-state index in [1.54, 1.807) is 13.0 Å². The van der Waals surface area contributed by atoms with Gasteiger partial charge in [0.05, 0.1) is 0 Å². The van der Waals surface area contributed by atoms with Gasteiger partial charge < -0.3 is 9.47 Å². The highest BCUT2D eigenvalue weighted by molar-refractivity contribution is 5.81. The highest BCUT2D eigenvalue weighted by atomic mass is 16.7. The van der Waals surface area contributed by atoms with Gasteiger partial charge in [0.15, 0.2) is 0 Å². The monoisotopic (exact) mass is 158 g/mol. The molecule has 1 unspecified atom stereocenters. The van der Waals surface area contributed by atoms with E-state index >= 15 is 0 Å². The van der Waals surface area contributed by atoms with Crippen molar-refractivity contribution in [3.63, 3.8) is 0 Å². The van der Waals surface area contributed by atoms with Crippen LogP contribution in [-0.4, -0.2) is 19.4 Å². The zero-order chi connectivity index (χ0) is 8.69.